The number of carbonyl (C=O) groups excluding carboxylic acids is 1. The van der Waals surface area contributed by atoms with E-state index in [-0.39, 0.29) is 28.9 Å². The molecule has 0 radical (unpaired) electrons. The quantitative estimate of drug-likeness (QED) is 0.763. The van der Waals surface area contributed by atoms with Crippen LogP contribution in [0.5, 0.6) is 0 Å². The van der Waals surface area contributed by atoms with Crippen molar-refractivity contribution in [1.82, 2.24) is 10.6 Å². The molecule has 0 spiro atoms. The molecular formula is C12H22N2O3S. The van der Waals surface area contributed by atoms with E-state index in [9.17, 15) is 13.2 Å². The third-order valence-corrected chi connectivity index (χ3v) is 6.05. The zero-order chi connectivity index (χ0) is 13.2. The molecule has 2 rings (SSSR count). The minimum absolute atomic E-state index is 0.0496. The van der Waals surface area contributed by atoms with Gasteiger partial charge in [-0.2, -0.15) is 0 Å². The maximum atomic E-state index is 12.4. The van der Waals surface area contributed by atoms with E-state index in [1.807, 2.05) is 6.92 Å². The Morgan fingerprint density at radius 3 is 2.56 bits per heavy atom. The lowest BCUT2D eigenvalue weighted by molar-refractivity contribution is -0.133. The van der Waals surface area contributed by atoms with E-state index in [1.54, 1.807) is 0 Å². The van der Waals surface area contributed by atoms with Gasteiger partial charge in [-0.25, -0.2) is 8.42 Å². The van der Waals surface area contributed by atoms with Gasteiger partial charge in [0.05, 0.1) is 16.9 Å². The van der Waals surface area contributed by atoms with Crippen molar-refractivity contribution in [2.45, 2.75) is 38.6 Å². The molecule has 2 fully saturated rings. The summed E-state index contributed by atoms with van der Waals surface area (Å²) in [5, 5.41) is 6.21. The van der Waals surface area contributed by atoms with Gasteiger partial charge in [0.25, 0.3) is 0 Å². The highest BCUT2D eigenvalue weighted by molar-refractivity contribution is 7.91. The fraction of sp³-hybridized carbons (Fsp3) is 0.917. The number of sulfone groups is 1. The van der Waals surface area contributed by atoms with Gasteiger partial charge in [0.2, 0.25) is 5.91 Å². The number of nitrogens with one attached hydrogen (secondary N) is 2. The SMILES string of the molecule is CCC1(C(=O)NC2CCS(=O)(=O)C2)CCNCC1. The Morgan fingerprint density at radius 2 is 2.06 bits per heavy atom. The van der Waals surface area contributed by atoms with E-state index in [1.165, 1.54) is 0 Å². The predicted molar refractivity (Wildman–Crippen MR) is 70.0 cm³/mol. The van der Waals surface area contributed by atoms with Crippen LogP contribution in [0.25, 0.3) is 0 Å². The molecule has 1 atom stereocenters. The Morgan fingerprint density at radius 1 is 1.39 bits per heavy atom. The highest BCUT2D eigenvalue weighted by Gasteiger charge is 2.40. The number of piperidine rings is 1. The summed E-state index contributed by atoms with van der Waals surface area (Å²) in [4.78, 5) is 12.4. The monoisotopic (exact) mass is 274 g/mol. The highest BCUT2D eigenvalue weighted by atomic mass is 32.2. The number of hydrogen-bond donors (Lipinski definition) is 2. The minimum atomic E-state index is -2.93. The van der Waals surface area contributed by atoms with Crippen LogP contribution in [0.2, 0.25) is 0 Å². The molecule has 0 aromatic carbocycles. The molecule has 0 aromatic rings. The Kier molecular flexibility index (Phi) is 3.96. The van der Waals surface area contributed by atoms with Gasteiger partial charge < -0.3 is 10.6 Å². The van der Waals surface area contributed by atoms with E-state index < -0.39 is 9.84 Å². The number of amides is 1. The van der Waals surface area contributed by atoms with E-state index in [2.05, 4.69) is 10.6 Å². The summed E-state index contributed by atoms with van der Waals surface area (Å²) < 4.78 is 22.8. The second-order valence-electron chi connectivity index (χ2n) is 5.46. The predicted octanol–water partition coefficient (Wildman–Crippen LogP) is 0.0695. The molecule has 2 saturated heterocycles. The Hall–Kier alpha value is -0.620. The van der Waals surface area contributed by atoms with Gasteiger partial charge in [-0.3, -0.25) is 4.79 Å². The molecule has 1 amide bonds. The first-order valence-electron chi connectivity index (χ1n) is 6.69. The normalized spacial score (nSPS) is 29.9. The van der Waals surface area contributed by atoms with Crippen LogP contribution in [0.4, 0.5) is 0 Å². The van der Waals surface area contributed by atoms with E-state index >= 15 is 0 Å². The Balaban J connectivity index is 1.98. The lowest BCUT2D eigenvalue weighted by Crippen LogP contribution is -2.50. The second kappa shape index (κ2) is 5.17. The average molecular weight is 274 g/mol. The first-order valence-corrected chi connectivity index (χ1v) is 8.52. The molecule has 2 heterocycles. The van der Waals surface area contributed by atoms with E-state index in [4.69, 9.17) is 0 Å². The summed E-state index contributed by atoms with van der Waals surface area (Å²) in [7, 11) is -2.93. The van der Waals surface area contributed by atoms with Gasteiger partial charge in [0.1, 0.15) is 0 Å². The second-order valence-corrected chi connectivity index (χ2v) is 7.69. The Bertz CT molecular complexity index is 413. The van der Waals surface area contributed by atoms with Gasteiger partial charge in [-0.1, -0.05) is 6.92 Å². The topological polar surface area (TPSA) is 75.3 Å². The molecule has 5 nitrogen and oxygen atoms in total. The molecule has 2 N–H and O–H groups in total. The van der Waals surface area contributed by atoms with Crippen molar-refractivity contribution < 1.29 is 13.2 Å². The molecular weight excluding hydrogens is 252 g/mol. The van der Waals surface area contributed by atoms with Crippen LogP contribution in [0.15, 0.2) is 0 Å². The van der Waals surface area contributed by atoms with Crippen LogP contribution in [0.3, 0.4) is 0 Å². The van der Waals surface area contributed by atoms with Gasteiger partial charge in [0, 0.05) is 6.04 Å². The number of carbonyl (C=O) groups is 1. The molecule has 2 aliphatic heterocycles. The third-order valence-electron chi connectivity index (χ3n) is 4.29. The van der Waals surface area contributed by atoms with Crippen molar-refractivity contribution in [3.8, 4) is 0 Å². The average Bonchev–Trinajstić information content (AvgIpc) is 2.69. The van der Waals surface area contributed by atoms with Crippen molar-refractivity contribution in [3.63, 3.8) is 0 Å². The summed E-state index contributed by atoms with van der Waals surface area (Å²) in [5.41, 5.74) is -0.294. The largest absolute Gasteiger partial charge is 0.352 e. The van der Waals surface area contributed by atoms with Gasteiger partial charge in [-0.05, 0) is 38.8 Å². The van der Waals surface area contributed by atoms with E-state index in [0.29, 0.717) is 6.42 Å². The van der Waals surface area contributed by atoms with Crippen LogP contribution < -0.4 is 10.6 Å². The lowest BCUT2D eigenvalue weighted by atomic mass is 9.75. The first-order chi connectivity index (χ1) is 8.47. The zero-order valence-corrected chi connectivity index (χ0v) is 11.7. The molecule has 2 aliphatic rings. The summed E-state index contributed by atoms with van der Waals surface area (Å²) in [6.07, 6.45) is 3.07. The fourth-order valence-electron chi connectivity index (χ4n) is 2.89. The molecule has 0 aromatic heterocycles. The molecule has 1 unspecified atom stereocenters. The van der Waals surface area contributed by atoms with Crippen molar-refractivity contribution in [2.24, 2.45) is 5.41 Å². The van der Waals surface area contributed by atoms with Gasteiger partial charge >= 0.3 is 0 Å². The zero-order valence-electron chi connectivity index (χ0n) is 10.9. The molecule has 18 heavy (non-hydrogen) atoms. The smallest absolute Gasteiger partial charge is 0.226 e. The summed E-state index contributed by atoms with van der Waals surface area (Å²) >= 11 is 0. The van der Waals surface area contributed by atoms with Crippen LogP contribution in [0, 0.1) is 5.41 Å². The van der Waals surface area contributed by atoms with Crippen LogP contribution >= 0.6 is 0 Å². The lowest BCUT2D eigenvalue weighted by Gasteiger charge is -2.36. The number of hydrogen-bond acceptors (Lipinski definition) is 4. The maximum Gasteiger partial charge on any atom is 0.226 e. The molecule has 104 valence electrons. The van der Waals surface area contributed by atoms with Crippen molar-refractivity contribution >= 4 is 15.7 Å². The minimum Gasteiger partial charge on any atom is -0.352 e. The van der Waals surface area contributed by atoms with Crippen LogP contribution in [-0.4, -0.2) is 45.0 Å². The Labute approximate surface area is 109 Å². The third kappa shape index (κ3) is 2.85. The molecule has 0 bridgehead atoms. The molecule has 0 saturated carbocycles. The molecule has 0 aliphatic carbocycles. The number of rotatable bonds is 3. The van der Waals surface area contributed by atoms with Crippen LogP contribution in [0.1, 0.15) is 32.6 Å². The van der Waals surface area contributed by atoms with Crippen molar-refractivity contribution in [3.05, 3.63) is 0 Å². The van der Waals surface area contributed by atoms with Gasteiger partial charge in [-0.15, -0.1) is 0 Å². The standard InChI is InChI=1S/C12H22N2O3S/c1-2-12(4-6-13-7-5-12)11(15)14-10-3-8-18(16,17)9-10/h10,13H,2-9H2,1H3,(H,14,15). The first kappa shape index (κ1) is 13.8. The fourth-order valence-corrected chi connectivity index (χ4v) is 4.57. The summed E-state index contributed by atoms with van der Waals surface area (Å²) in [5.74, 6) is 0.365. The highest BCUT2D eigenvalue weighted by Crippen LogP contribution is 2.33. The summed E-state index contributed by atoms with van der Waals surface area (Å²) in [6.45, 7) is 3.77. The molecule has 6 heteroatoms. The van der Waals surface area contributed by atoms with Crippen LogP contribution in [-0.2, 0) is 14.6 Å². The van der Waals surface area contributed by atoms with Crippen molar-refractivity contribution in [2.75, 3.05) is 24.6 Å². The maximum absolute atomic E-state index is 12.4. The summed E-state index contributed by atoms with van der Waals surface area (Å²) in [6, 6.07) is -0.180. The van der Waals surface area contributed by atoms with Gasteiger partial charge in [0.15, 0.2) is 9.84 Å². The van der Waals surface area contributed by atoms with Crippen molar-refractivity contribution in [1.29, 1.82) is 0 Å². The van der Waals surface area contributed by atoms with E-state index in [0.717, 1.165) is 32.4 Å².